The molecule has 2 N–H and O–H groups in total. The Hall–Kier alpha value is -3.32. The maximum atomic E-state index is 13.0. The predicted molar refractivity (Wildman–Crippen MR) is 134 cm³/mol. The van der Waals surface area contributed by atoms with E-state index in [9.17, 15) is 9.59 Å². The van der Waals surface area contributed by atoms with Crippen molar-refractivity contribution in [2.75, 3.05) is 44.2 Å². The van der Waals surface area contributed by atoms with Crippen LogP contribution in [-0.4, -0.2) is 56.2 Å². The Kier molecular flexibility index (Phi) is 7.53. The van der Waals surface area contributed by atoms with Crippen LogP contribution in [0.15, 0.2) is 59.8 Å². The number of amides is 2. The van der Waals surface area contributed by atoms with Gasteiger partial charge in [-0.2, -0.15) is 0 Å². The topological polar surface area (TPSA) is 73.9 Å². The second-order valence-corrected chi connectivity index (χ2v) is 8.84. The molecule has 2 aromatic rings. The van der Waals surface area contributed by atoms with E-state index in [0.29, 0.717) is 17.8 Å². The summed E-state index contributed by atoms with van der Waals surface area (Å²) in [5.74, 6) is -0.396. The van der Waals surface area contributed by atoms with Gasteiger partial charge >= 0.3 is 12.0 Å². The van der Waals surface area contributed by atoms with Crippen molar-refractivity contribution < 1.29 is 14.3 Å². The van der Waals surface area contributed by atoms with E-state index in [2.05, 4.69) is 58.5 Å². The smallest absolute Gasteiger partial charge is 0.338 e. The predicted octanol–water partition coefficient (Wildman–Crippen LogP) is 3.55. The molecule has 0 spiro atoms. The number of urea groups is 1. The number of nitrogens with one attached hydrogen (secondary N) is 2. The Morgan fingerprint density at radius 2 is 1.68 bits per heavy atom. The lowest BCUT2D eigenvalue weighted by Crippen LogP contribution is -2.51. The molecule has 0 aliphatic carbocycles. The van der Waals surface area contributed by atoms with E-state index < -0.39 is 12.0 Å². The molecule has 0 unspecified atom stereocenters. The third-order valence-corrected chi connectivity index (χ3v) is 6.52. The molecule has 0 radical (unpaired) electrons. The second kappa shape index (κ2) is 10.7. The maximum absolute atomic E-state index is 13.0. The van der Waals surface area contributed by atoms with Gasteiger partial charge < -0.3 is 20.3 Å². The second-order valence-electron chi connectivity index (χ2n) is 8.84. The van der Waals surface area contributed by atoms with Crippen LogP contribution in [0.25, 0.3) is 0 Å². The molecule has 4 rings (SSSR count). The Morgan fingerprint density at radius 1 is 1.00 bits per heavy atom. The molecule has 34 heavy (non-hydrogen) atoms. The van der Waals surface area contributed by atoms with E-state index in [4.69, 9.17) is 4.74 Å². The van der Waals surface area contributed by atoms with Gasteiger partial charge in [0.05, 0.1) is 18.2 Å². The Morgan fingerprint density at radius 3 is 2.29 bits per heavy atom. The molecular weight excluding hydrogens is 428 g/mol. The number of piperazine rings is 1. The minimum Gasteiger partial charge on any atom is -0.463 e. The minimum absolute atomic E-state index is 0.278. The summed E-state index contributed by atoms with van der Waals surface area (Å²) in [4.78, 5) is 30.3. The zero-order chi connectivity index (χ0) is 24.1. The number of benzene rings is 2. The van der Waals surface area contributed by atoms with Gasteiger partial charge in [0, 0.05) is 44.1 Å². The zero-order valence-corrected chi connectivity index (χ0v) is 20.3. The standard InChI is InChI=1S/C27H34N4O3/c1-4-20-8-10-21(11-9-20)25-24(26(32)34-5-2)23(28-27(33)29-25)18-30-14-16-31(17-15-30)22-12-6-19(3)7-13-22/h6-13,25H,4-5,14-18H2,1-3H3,(H2,28,29,33)/t25-/m1/s1. The van der Waals surface area contributed by atoms with Crippen molar-refractivity contribution in [2.24, 2.45) is 0 Å². The van der Waals surface area contributed by atoms with Crippen molar-refractivity contribution in [2.45, 2.75) is 33.2 Å². The molecule has 2 aromatic carbocycles. The van der Waals surface area contributed by atoms with Gasteiger partial charge in [-0.25, -0.2) is 9.59 Å². The molecular formula is C27H34N4O3. The van der Waals surface area contributed by atoms with E-state index in [-0.39, 0.29) is 12.6 Å². The average Bonchev–Trinajstić information content (AvgIpc) is 2.85. The number of carbonyl (C=O) groups excluding carboxylic acids is 2. The van der Waals surface area contributed by atoms with Crippen molar-refractivity contribution in [3.63, 3.8) is 0 Å². The van der Waals surface area contributed by atoms with E-state index in [1.54, 1.807) is 6.92 Å². The molecule has 180 valence electrons. The molecule has 2 amide bonds. The van der Waals surface area contributed by atoms with Crippen LogP contribution in [0.1, 0.15) is 36.6 Å². The molecule has 1 fully saturated rings. The van der Waals surface area contributed by atoms with Crippen molar-refractivity contribution in [1.29, 1.82) is 0 Å². The first-order valence-corrected chi connectivity index (χ1v) is 12.1. The van der Waals surface area contributed by atoms with E-state index >= 15 is 0 Å². The summed E-state index contributed by atoms with van der Waals surface area (Å²) in [6.07, 6.45) is 0.930. The fourth-order valence-corrected chi connectivity index (χ4v) is 4.53. The van der Waals surface area contributed by atoms with Crippen LogP contribution >= 0.6 is 0 Å². The molecule has 2 heterocycles. The third-order valence-electron chi connectivity index (χ3n) is 6.52. The Labute approximate surface area is 201 Å². The van der Waals surface area contributed by atoms with Crippen molar-refractivity contribution >= 4 is 17.7 Å². The number of carbonyl (C=O) groups is 2. The van der Waals surface area contributed by atoms with Crippen LogP contribution in [0.2, 0.25) is 0 Å². The molecule has 2 aliphatic heterocycles. The quantitative estimate of drug-likeness (QED) is 0.616. The molecule has 7 nitrogen and oxygen atoms in total. The number of nitrogens with zero attached hydrogens (tertiary/aromatic N) is 2. The van der Waals surface area contributed by atoms with Gasteiger partial charge in [0.25, 0.3) is 0 Å². The molecule has 0 aromatic heterocycles. The average molecular weight is 463 g/mol. The van der Waals surface area contributed by atoms with E-state index in [0.717, 1.165) is 38.2 Å². The molecule has 1 atom stereocenters. The highest BCUT2D eigenvalue weighted by atomic mass is 16.5. The lowest BCUT2D eigenvalue weighted by molar-refractivity contribution is -0.139. The monoisotopic (exact) mass is 462 g/mol. The highest BCUT2D eigenvalue weighted by molar-refractivity contribution is 5.95. The van der Waals surface area contributed by atoms with Gasteiger partial charge in [0.15, 0.2) is 0 Å². The summed E-state index contributed by atoms with van der Waals surface area (Å²) < 4.78 is 5.40. The lowest BCUT2D eigenvalue weighted by Gasteiger charge is -2.38. The van der Waals surface area contributed by atoms with E-state index in [1.807, 2.05) is 24.3 Å². The number of rotatable bonds is 7. The van der Waals surface area contributed by atoms with Crippen LogP contribution in [0.3, 0.4) is 0 Å². The fourth-order valence-electron chi connectivity index (χ4n) is 4.53. The number of ether oxygens (including phenoxy) is 1. The van der Waals surface area contributed by atoms with Crippen LogP contribution in [0.4, 0.5) is 10.5 Å². The van der Waals surface area contributed by atoms with Gasteiger partial charge in [0.1, 0.15) is 0 Å². The number of aryl methyl sites for hydroxylation is 2. The fraction of sp³-hybridized carbons (Fsp3) is 0.407. The summed E-state index contributed by atoms with van der Waals surface area (Å²) in [6.45, 7) is 10.2. The highest BCUT2D eigenvalue weighted by Crippen LogP contribution is 2.29. The third kappa shape index (κ3) is 5.42. The van der Waals surface area contributed by atoms with Crippen LogP contribution in [-0.2, 0) is 16.0 Å². The molecule has 2 aliphatic rings. The van der Waals surface area contributed by atoms with Crippen LogP contribution in [0, 0.1) is 6.92 Å². The Balaban J connectivity index is 1.54. The summed E-state index contributed by atoms with van der Waals surface area (Å²) in [6, 6.07) is 15.8. The van der Waals surface area contributed by atoms with E-state index in [1.165, 1.54) is 16.8 Å². The van der Waals surface area contributed by atoms with Crippen molar-refractivity contribution in [3.8, 4) is 0 Å². The first kappa shape index (κ1) is 23.8. The molecule has 1 saturated heterocycles. The van der Waals surface area contributed by atoms with Crippen LogP contribution < -0.4 is 15.5 Å². The largest absolute Gasteiger partial charge is 0.463 e. The molecule has 0 saturated carbocycles. The van der Waals surface area contributed by atoms with Crippen LogP contribution in [0.5, 0.6) is 0 Å². The van der Waals surface area contributed by atoms with Gasteiger partial charge in [-0.15, -0.1) is 0 Å². The number of hydrogen-bond donors (Lipinski definition) is 2. The summed E-state index contributed by atoms with van der Waals surface area (Å²) in [5.41, 5.74) is 5.65. The van der Waals surface area contributed by atoms with Gasteiger partial charge in [0.2, 0.25) is 0 Å². The molecule has 0 bridgehead atoms. The lowest BCUT2D eigenvalue weighted by atomic mass is 9.94. The zero-order valence-electron chi connectivity index (χ0n) is 20.3. The van der Waals surface area contributed by atoms with Gasteiger partial charge in [-0.05, 0) is 43.5 Å². The highest BCUT2D eigenvalue weighted by Gasteiger charge is 2.34. The first-order valence-electron chi connectivity index (χ1n) is 12.1. The maximum Gasteiger partial charge on any atom is 0.338 e. The summed E-state index contributed by atoms with van der Waals surface area (Å²) in [5, 5.41) is 5.82. The number of anilines is 1. The van der Waals surface area contributed by atoms with Gasteiger partial charge in [-0.1, -0.05) is 48.9 Å². The minimum atomic E-state index is -0.539. The summed E-state index contributed by atoms with van der Waals surface area (Å²) >= 11 is 0. The number of hydrogen-bond acceptors (Lipinski definition) is 5. The summed E-state index contributed by atoms with van der Waals surface area (Å²) in [7, 11) is 0. The molecule has 7 heteroatoms. The van der Waals surface area contributed by atoms with Crippen molar-refractivity contribution in [3.05, 3.63) is 76.5 Å². The van der Waals surface area contributed by atoms with Crippen molar-refractivity contribution in [1.82, 2.24) is 15.5 Å². The SMILES string of the molecule is CCOC(=O)C1=C(CN2CCN(c3ccc(C)cc3)CC2)NC(=O)N[C@@H]1c1ccc(CC)cc1. The Bertz CT molecular complexity index is 1040. The first-order chi connectivity index (χ1) is 16.5. The number of esters is 1. The normalized spacial score (nSPS) is 19.0. The van der Waals surface area contributed by atoms with Gasteiger partial charge in [-0.3, -0.25) is 4.90 Å².